The van der Waals surface area contributed by atoms with Gasteiger partial charge in [0.15, 0.2) is 0 Å². The van der Waals surface area contributed by atoms with Gasteiger partial charge in [-0.2, -0.15) is 13.2 Å². The predicted octanol–water partition coefficient (Wildman–Crippen LogP) is 3.88. The van der Waals surface area contributed by atoms with E-state index in [1.165, 1.54) is 25.0 Å². The lowest BCUT2D eigenvalue weighted by atomic mass is 10.0. The molecular weight excluding hydrogens is 253 g/mol. The van der Waals surface area contributed by atoms with E-state index in [-0.39, 0.29) is 0 Å². The first-order chi connectivity index (χ1) is 9.05. The summed E-state index contributed by atoms with van der Waals surface area (Å²) in [6.45, 7) is 1.69. The van der Waals surface area contributed by atoms with Gasteiger partial charge in [0.25, 0.3) is 0 Å². The van der Waals surface area contributed by atoms with Gasteiger partial charge in [0.05, 0.1) is 16.9 Å². The van der Waals surface area contributed by atoms with Crippen LogP contribution in [0, 0.1) is 0 Å². The normalized spacial score (nSPS) is 23.1. The zero-order valence-corrected chi connectivity index (χ0v) is 10.6. The molecule has 0 radical (unpaired) electrons. The lowest BCUT2D eigenvalue weighted by molar-refractivity contribution is -0.137. The first-order valence-electron chi connectivity index (χ1n) is 6.77. The molecule has 1 saturated heterocycles. The standard InChI is InChI=1S/C14H17F3N2/c15-14(16,17)10-5-6-13-12(8-10)18-9-11-4-2-1-3-7-19(11)13/h5-6,8,11,18H,1-4,7,9H2. The summed E-state index contributed by atoms with van der Waals surface area (Å²) in [7, 11) is 0. The summed E-state index contributed by atoms with van der Waals surface area (Å²) in [6, 6.07) is 4.46. The number of rotatable bonds is 0. The molecule has 1 atom stereocenters. The van der Waals surface area contributed by atoms with Gasteiger partial charge >= 0.3 is 6.18 Å². The second kappa shape index (κ2) is 4.62. The Hall–Kier alpha value is -1.39. The van der Waals surface area contributed by atoms with Crippen LogP contribution in [0.15, 0.2) is 18.2 Å². The summed E-state index contributed by atoms with van der Waals surface area (Å²) >= 11 is 0. The molecule has 1 unspecified atom stereocenters. The molecule has 1 aromatic rings. The number of alkyl halides is 3. The van der Waals surface area contributed by atoms with Crippen LogP contribution in [0.3, 0.4) is 0 Å². The van der Waals surface area contributed by atoms with Crippen molar-refractivity contribution in [1.29, 1.82) is 0 Å². The van der Waals surface area contributed by atoms with Crippen molar-refractivity contribution in [3.63, 3.8) is 0 Å². The van der Waals surface area contributed by atoms with Gasteiger partial charge in [-0.1, -0.05) is 12.8 Å². The average molecular weight is 270 g/mol. The second-order valence-corrected chi connectivity index (χ2v) is 5.31. The minimum atomic E-state index is -4.27. The van der Waals surface area contributed by atoms with Gasteiger partial charge in [0.1, 0.15) is 0 Å². The molecular formula is C14H17F3N2. The van der Waals surface area contributed by atoms with Crippen LogP contribution in [0.25, 0.3) is 0 Å². The van der Waals surface area contributed by atoms with Crippen LogP contribution >= 0.6 is 0 Å². The molecule has 1 fully saturated rings. The van der Waals surface area contributed by atoms with Gasteiger partial charge in [0.2, 0.25) is 0 Å². The number of hydrogen-bond donors (Lipinski definition) is 1. The highest BCUT2D eigenvalue weighted by Crippen LogP contribution is 2.39. The Balaban J connectivity index is 1.95. The molecule has 104 valence electrons. The largest absolute Gasteiger partial charge is 0.416 e. The molecule has 0 amide bonds. The van der Waals surface area contributed by atoms with Crippen molar-refractivity contribution >= 4 is 11.4 Å². The van der Waals surface area contributed by atoms with Crippen molar-refractivity contribution in [3.8, 4) is 0 Å². The van der Waals surface area contributed by atoms with Crippen LogP contribution in [0.4, 0.5) is 24.5 Å². The van der Waals surface area contributed by atoms with Crippen molar-refractivity contribution in [2.45, 2.75) is 37.9 Å². The Morgan fingerprint density at radius 3 is 2.79 bits per heavy atom. The van der Waals surface area contributed by atoms with E-state index in [2.05, 4.69) is 10.2 Å². The summed E-state index contributed by atoms with van der Waals surface area (Å²) in [5.74, 6) is 0. The second-order valence-electron chi connectivity index (χ2n) is 5.31. The molecule has 1 N–H and O–H groups in total. The molecule has 2 nitrogen and oxygen atoms in total. The Morgan fingerprint density at radius 2 is 2.00 bits per heavy atom. The molecule has 5 heteroatoms. The van der Waals surface area contributed by atoms with Crippen molar-refractivity contribution in [2.75, 3.05) is 23.3 Å². The van der Waals surface area contributed by atoms with Crippen LogP contribution in [0.2, 0.25) is 0 Å². The topological polar surface area (TPSA) is 15.3 Å². The summed E-state index contributed by atoms with van der Waals surface area (Å²) in [6.07, 6.45) is 0.387. The number of nitrogens with zero attached hydrogens (tertiary/aromatic N) is 1. The number of hydrogen-bond acceptors (Lipinski definition) is 2. The maximum absolute atomic E-state index is 12.7. The van der Waals surface area contributed by atoms with Crippen molar-refractivity contribution in [2.24, 2.45) is 0 Å². The fourth-order valence-electron chi connectivity index (χ4n) is 3.04. The van der Waals surface area contributed by atoms with E-state index in [1.54, 1.807) is 6.07 Å². The third-order valence-electron chi connectivity index (χ3n) is 4.04. The lowest BCUT2D eigenvalue weighted by Gasteiger charge is -2.38. The third-order valence-corrected chi connectivity index (χ3v) is 4.04. The van der Waals surface area contributed by atoms with Crippen molar-refractivity contribution < 1.29 is 13.2 Å². The van der Waals surface area contributed by atoms with Gasteiger partial charge in [-0.3, -0.25) is 0 Å². The fourth-order valence-corrected chi connectivity index (χ4v) is 3.04. The van der Waals surface area contributed by atoms with Crippen LogP contribution in [-0.2, 0) is 6.18 Å². The maximum atomic E-state index is 12.7. The molecule has 0 aliphatic carbocycles. The van der Waals surface area contributed by atoms with E-state index in [0.717, 1.165) is 31.6 Å². The fraction of sp³-hybridized carbons (Fsp3) is 0.571. The van der Waals surface area contributed by atoms with Crippen molar-refractivity contribution in [3.05, 3.63) is 23.8 Å². The van der Waals surface area contributed by atoms with Gasteiger partial charge < -0.3 is 10.2 Å². The van der Waals surface area contributed by atoms with E-state index < -0.39 is 11.7 Å². The number of nitrogens with one attached hydrogen (secondary N) is 1. The van der Waals surface area contributed by atoms with Crippen LogP contribution in [0.5, 0.6) is 0 Å². The zero-order chi connectivity index (χ0) is 13.5. The minimum absolute atomic E-state index is 0.423. The van der Waals surface area contributed by atoms with Crippen molar-refractivity contribution in [1.82, 2.24) is 0 Å². The Kier molecular flexibility index (Phi) is 3.07. The molecule has 0 spiro atoms. The summed E-state index contributed by atoms with van der Waals surface area (Å²) < 4.78 is 38.1. The first kappa shape index (κ1) is 12.6. The molecule has 3 rings (SSSR count). The van der Waals surface area contributed by atoms with E-state index in [0.29, 0.717) is 11.7 Å². The first-order valence-corrected chi connectivity index (χ1v) is 6.77. The highest BCUT2D eigenvalue weighted by atomic mass is 19.4. The highest BCUT2D eigenvalue weighted by molar-refractivity contribution is 5.74. The number of anilines is 2. The average Bonchev–Trinajstić information content (AvgIpc) is 2.62. The van der Waals surface area contributed by atoms with Gasteiger partial charge in [0, 0.05) is 19.1 Å². The molecule has 0 aromatic heterocycles. The molecule has 0 bridgehead atoms. The molecule has 2 aliphatic rings. The molecule has 2 aliphatic heterocycles. The quantitative estimate of drug-likeness (QED) is 0.769. The number of benzene rings is 1. The summed E-state index contributed by atoms with van der Waals surface area (Å²) in [5.41, 5.74) is 0.964. The maximum Gasteiger partial charge on any atom is 0.416 e. The lowest BCUT2D eigenvalue weighted by Crippen LogP contribution is -2.43. The monoisotopic (exact) mass is 270 g/mol. The minimum Gasteiger partial charge on any atom is -0.381 e. The molecule has 1 aromatic carbocycles. The smallest absolute Gasteiger partial charge is 0.381 e. The zero-order valence-electron chi connectivity index (χ0n) is 10.6. The highest BCUT2D eigenvalue weighted by Gasteiger charge is 2.33. The van der Waals surface area contributed by atoms with Gasteiger partial charge in [-0.05, 0) is 31.0 Å². The molecule has 2 heterocycles. The van der Waals surface area contributed by atoms with E-state index in [9.17, 15) is 13.2 Å². The Labute approximate surface area is 110 Å². The Bertz CT molecular complexity index is 470. The predicted molar refractivity (Wildman–Crippen MR) is 69.5 cm³/mol. The SMILES string of the molecule is FC(F)(F)c1ccc2c(c1)NCC1CCCCCN21. The van der Waals surface area contributed by atoms with Crippen LogP contribution in [0.1, 0.15) is 31.2 Å². The van der Waals surface area contributed by atoms with E-state index >= 15 is 0 Å². The number of halogens is 3. The van der Waals surface area contributed by atoms with E-state index in [1.807, 2.05) is 0 Å². The van der Waals surface area contributed by atoms with Gasteiger partial charge in [-0.15, -0.1) is 0 Å². The summed E-state index contributed by atoms with van der Waals surface area (Å²) in [4.78, 5) is 2.28. The van der Waals surface area contributed by atoms with E-state index in [4.69, 9.17) is 0 Å². The summed E-state index contributed by atoms with van der Waals surface area (Å²) in [5, 5.41) is 3.16. The van der Waals surface area contributed by atoms with Crippen LogP contribution < -0.4 is 10.2 Å². The molecule has 0 saturated carbocycles. The number of fused-ring (bicyclic) bond motifs is 3. The molecule has 19 heavy (non-hydrogen) atoms. The van der Waals surface area contributed by atoms with Crippen LogP contribution in [-0.4, -0.2) is 19.1 Å². The third kappa shape index (κ3) is 2.38. The van der Waals surface area contributed by atoms with Gasteiger partial charge in [-0.25, -0.2) is 0 Å². The Morgan fingerprint density at radius 1 is 1.16 bits per heavy atom.